The van der Waals surface area contributed by atoms with Crippen molar-refractivity contribution in [2.45, 2.75) is 18.8 Å². The normalized spacial score (nSPS) is 16.6. The standard InChI is InChI=1S/C16H12ClFO/c17-14-6-5-10(7-15(14)18)8-16(19)13-9-11-3-1-2-4-12(11)13/h1-7,13H,8-9H2. The van der Waals surface area contributed by atoms with Crippen LogP contribution in [-0.4, -0.2) is 5.78 Å². The zero-order valence-corrected chi connectivity index (χ0v) is 11.0. The van der Waals surface area contributed by atoms with Crippen molar-refractivity contribution in [3.63, 3.8) is 0 Å². The van der Waals surface area contributed by atoms with Crippen LogP contribution < -0.4 is 0 Å². The molecular formula is C16H12ClFO. The third kappa shape index (κ3) is 2.28. The average molecular weight is 275 g/mol. The first kappa shape index (κ1) is 12.4. The van der Waals surface area contributed by atoms with Gasteiger partial charge in [-0.3, -0.25) is 4.79 Å². The van der Waals surface area contributed by atoms with Crippen LogP contribution in [0.25, 0.3) is 0 Å². The first-order valence-electron chi connectivity index (χ1n) is 6.19. The summed E-state index contributed by atoms with van der Waals surface area (Å²) in [6, 6.07) is 12.5. The molecular weight excluding hydrogens is 263 g/mol. The molecule has 0 bridgehead atoms. The fraction of sp³-hybridized carbons (Fsp3) is 0.188. The summed E-state index contributed by atoms with van der Waals surface area (Å²) in [5.74, 6) is -0.365. The molecule has 1 aliphatic rings. The first-order chi connectivity index (χ1) is 9.15. The van der Waals surface area contributed by atoms with Crippen LogP contribution in [0.2, 0.25) is 5.02 Å². The van der Waals surface area contributed by atoms with E-state index in [-0.39, 0.29) is 23.1 Å². The van der Waals surface area contributed by atoms with Gasteiger partial charge in [0.1, 0.15) is 11.6 Å². The van der Waals surface area contributed by atoms with E-state index < -0.39 is 5.82 Å². The number of carbonyl (C=O) groups excluding carboxylic acids is 1. The number of hydrogen-bond acceptors (Lipinski definition) is 1. The lowest BCUT2D eigenvalue weighted by Gasteiger charge is -2.28. The first-order valence-corrected chi connectivity index (χ1v) is 6.57. The van der Waals surface area contributed by atoms with Gasteiger partial charge in [-0.15, -0.1) is 0 Å². The van der Waals surface area contributed by atoms with Gasteiger partial charge in [-0.25, -0.2) is 4.39 Å². The van der Waals surface area contributed by atoms with E-state index in [0.29, 0.717) is 5.56 Å². The van der Waals surface area contributed by atoms with Crippen molar-refractivity contribution in [1.82, 2.24) is 0 Å². The minimum Gasteiger partial charge on any atom is -0.299 e. The molecule has 0 aromatic heterocycles. The molecule has 0 N–H and O–H groups in total. The second kappa shape index (κ2) is 4.78. The Bertz CT molecular complexity index is 651. The smallest absolute Gasteiger partial charge is 0.145 e. The number of halogens is 2. The van der Waals surface area contributed by atoms with Gasteiger partial charge in [0.25, 0.3) is 0 Å². The van der Waals surface area contributed by atoms with E-state index in [1.165, 1.54) is 17.7 Å². The molecule has 2 aromatic rings. The Morgan fingerprint density at radius 2 is 2.05 bits per heavy atom. The van der Waals surface area contributed by atoms with Gasteiger partial charge >= 0.3 is 0 Å². The molecule has 1 atom stereocenters. The summed E-state index contributed by atoms with van der Waals surface area (Å²) in [5, 5.41) is 0.0881. The van der Waals surface area contributed by atoms with Crippen molar-refractivity contribution in [2.24, 2.45) is 0 Å². The van der Waals surface area contributed by atoms with Gasteiger partial charge in [-0.1, -0.05) is 41.9 Å². The van der Waals surface area contributed by atoms with Gasteiger partial charge in [-0.2, -0.15) is 0 Å². The molecule has 96 valence electrons. The Balaban J connectivity index is 1.75. The predicted molar refractivity (Wildman–Crippen MR) is 73.0 cm³/mol. The zero-order valence-electron chi connectivity index (χ0n) is 10.2. The second-order valence-electron chi connectivity index (χ2n) is 4.85. The third-order valence-electron chi connectivity index (χ3n) is 3.61. The summed E-state index contributed by atoms with van der Waals surface area (Å²) in [6.45, 7) is 0. The molecule has 0 saturated heterocycles. The fourth-order valence-electron chi connectivity index (χ4n) is 2.52. The van der Waals surface area contributed by atoms with Crippen LogP contribution in [0.4, 0.5) is 4.39 Å². The quantitative estimate of drug-likeness (QED) is 0.829. The van der Waals surface area contributed by atoms with Crippen molar-refractivity contribution in [1.29, 1.82) is 0 Å². The number of fused-ring (bicyclic) bond motifs is 1. The van der Waals surface area contributed by atoms with Gasteiger partial charge in [0.05, 0.1) is 5.02 Å². The van der Waals surface area contributed by atoms with Crippen molar-refractivity contribution >= 4 is 17.4 Å². The molecule has 1 aliphatic carbocycles. The molecule has 0 spiro atoms. The maximum absolute atomic E-state index is 13.3. The molecule has 19 heavy (non-hydrogen) atoms. The van der Waals surface area contributed by atoms with Gasteiger partial charge in [0.15, 0.2) is 0 Å². The second-order valence-corrected chi connectivity index (χ2v) is 5.25. The predicted octanol–water partition coefficient (Wildman–Crippen LogP) is 3.93. The summed E-state index contributed by atoms with van der Waals surface area (Å²) in [7, 11) is 0. The Kier molecular flexibility index (Phi) is 3.11. The van der Waals surface area contributed by atoms with E-state index in [0.717, 1.165) is 12.0 Å². The Morgan fingerprint density at radius 3 is 2.79 bits per heavy atom. The van der Waals surface area contributed by atoms with E-state index in [4.69, 9.17) is 11.6 Å². The van der Waals surface area contributed by atoms with Crippen LogP contribution in [0.15, 0.2) is 42.5 Å². The molecule has 3 heteroatoms. The number of Topliss-reactive ketones (excluding diaryl/α,β-unsaturated/α-hetero) is 1. The Labute approximate surface area is 116 Å². The van der Waals surface area contributed by atoms with E-state index >= 15 is 0 Å². The third-order valence-corrected chi connectivity index (χ3v) is 3.91. The molecule has 0 radical (unpaired) electrons. The lowest BCUT2D eigenvalue weighted by atomic mass is 9.74. The van der Waals surface area contributed by atoms with Crippen LogP contribution in [0, 0.1) is 5.82 Å². The van der Waals surface area contributed by atoms with Crippen LogP contribution in [0.3, 0.4) is 0 Å². The van der Waals surface area contributed by atoms with Gasteiger partial charge in [0.2, 0.25) is 0 Å². The minimum absolute atomic E-state index is 0.0325. The Morgan fingerprint density at radius 1 is 1.26 bits per heavy atom. The van der Waals surface area contributed by atoms with Crippen molar-refractivity contribution in [3.8, 4) is 0 Å². The van der Waals surface area contributed by atoms with Crippen molar-refractivity contribution < 1.29 is 9.18 Å². The summed E-state index contributed by atoms with van der Waals surface area (Å²) < 4.78 is 13.3. The van der Waals surface area contributed by atoms with E-state index in [2.05, 4.69) is 0 Å². The molecule has 0 amide bonds. The summed E-state index contributed by atoms with van der Waals surface area (Å²) in [6.07, 6.45) is 1.05. The average Bonchev–Trinajstić information content (AvgIpc) is 2.35. The van der Waals surface area contributed by atoms with Gasteiger partial charge in [0, 0.05) is 12.3 Å². The van der Waals surface area contributed by atoms with Crippen molar-refractivity contribution in [3.05, 3.63) is 70.0 Å². The highest BCUT2D eigenvalue weighted by atomic mass is 35.5. The van der Waals surface area contributed by atoms with Gasteiger partial charge in [-0.05, 0) is 35.2 Å². The van der Waals surface area contributed by atoms with Crippen LogP contribution in [0.1, 0.15) is 22.6 Å². The number of rotatable bonds is 3. The van der Waals surface area contributed by atoms with E-state index in [1.807, 2.05) is 24.3 Å². The molecule has 0 aliphatic heterocycles. The molecule has 2 aromatic carbocycles. The highest BCUT2D eigenvalue weighted by molar-refractivity contribution is 6.30. The summed E-state index contributed by atoms with van der Waals surface area (Å²) >= 11 is 5.63. The number of benzene rings is 2. The summed E-state index contributed by atoms with van der Waals surface area (Å²) in [5.41, 5.74) is 3.03. The molecule has 1 unspecified atom stereocenters. The monoisotopic (exact) mass is 274 g/mol. The Hall–Kier alpha value is -1.67. The van der Waals surface area contributed by atoms with Crippen LogP contribution in [0.5, 0.6) is 0 Å². The van der Waals surface area contributed by atoms with Crippen molar-refractivity contribution in [2.75, 3.05) is 0 Å². The zero-order chi connectivity index (χ0) is 13.4. The molecule has 0 fully saturated rings. The maximum Gasteiger partial charge on any atom is 0.145 e. The van der Waals surface area contributed by atoms with Crippen LogP contribution in [-0.2, 0) is 17.6 Å². The molecule has 0 saturated carbocycles. The van der Waals surface area contributed by atoms with Gasteiger partial charge < -0.3 is 0 Å². The van der Waals surface area contributed by atoms with Crippen LogP contribution >= 0.6 is 11.6 Å². The highest BCUT2D eigenvalue weighted by Crippen LogP contribution is 2.36. The molecule has 0 heterocycles. The highest BCUT2D eigenvalue weighted by Gasteiger charge is 2.31. The SMILES string of the molecule is O=C(Cc1ccc(Cl)c(F)c1)C1Cc2ccccc21. The number of ketones is 1. The number of hydrogen-bond donors (Lipinski definition) is 0. The lowest BCUT2D eigenvalue weighted by Crippen LogP contribution is -2.26. The molecule has 1 nitrogen and oxygen atoms in total. The topological polar surface area (TPSA) is 17.1 Å². The fourth-order valence-corrected chi connectivity index (χ4v) is 2.64. The minimum atomic E-state index is -0.471. The summed E-state index contributed by atoms with van der Waals surface area (Å²) in [4.78, 5) is 12.2. The number of carbonyl (C=O) groups is 1. The maximum atomic E-state index is 13.3. The largest absolute Gasteiger partial charge is 0.299 e. The van der Waals surface area contributed by atoms with E-state index in [1.54, 1.807) is 6.07 Å². The molecule has 3 rings (SSSR count). The lowest BCUT2D eigenvalue weighted by molar-refractivity contribution is -0.120. The van der Waals surface area contributed by atoms with E-state index in [9.17, 15) is 9.18 Å².